The van der Waals surface area contributed by atoms with E-state index in [0.717, 1.165) is 21.7 Å². The van der Waals surface area contributed by atoms with Crippen molar-refractivity contribution in [2.75, 3.05) is 6.61 Å². The number of nitrogens with zero attached hydrogens (tertiary/aromatic N) is 3. The molecule has 0 bridgehead atoms. The van der Waals surface area contributed by atoms with Gasteiger partial charge in [-0.05, 0) is 29.8 Å². The van der Waals surface area contributed by atoms with Gasteiger partial charge in [0.25, 0.3) is 0 Å². The molecule has 0 spiro atoms. The maximum absolute atomic E-state index is 5.43. The summed E-state index contributed by atoms with van der Waals surface area (Å²) in [6.07, 6.45) is 1.85. The van der Waals surface area contributed by atoms with Gasteiger partial charge in [0.1, 0.15) is 11.6 Å². The van der Waals surface area contributed by atoms with Crippen LogP contribution in [0.2, 0.25) is 0 Å². The number of aromatic nitrogens is 3. The fourth-order valence-corrected chi connectivity index (χ4v) is 1.69. The van der Waals surface area contributed by atoms with Gasteiger partial charge >= 0.3 is 0 Å². The number of halogens is 1. The molecule has 0 fully saturated rings. The first-order chi connectivity index (χ1) is 6.70. The molecule has 14 heavy (non-hydrogen) atoms. The molecule has 2 aromatic rings. The van der Waals surface area contributed by atoms with Gasteiger partial charge in [0.15, 0.2) is 5.65 Å². The molecule has 0 atom stereocenters. The van der Waals surface area contributed by atoms with E-state index in [4.69, 9.17) is 4.74 Å². The third-order valence-corrected chi connectivity index (χ3v) is 2.39. The van der Waals surface area contributed by atoms with Crippen molar-refractivity contribution in [2.45, 2.75) is 13.8 Å². The molecule has 74 valence electrons. The monoisotopic (exact) mass is 255 g/mol. The van der Waals surface area contributed by atoms with Gasteiger partial charge in [-0.2, -0.15) is 5.10 Å². The summed E-state index contributed by atoms with van der Waals surface area (Å²) in [6.45, 7) is 4.45. The Balaban J connectivity index is 2.58. The smallest absolute Gasteiger partial charge is 0.159 e. The summed E-state index contributed by atoms with van der Waals surface area (Å²) in [5.41, 5.74) is 0.800. The lowest BCUT2D eigenvalue weighted by Crippen LogP contribution is -1.95. The molecule has 0 saturated heterocycles. The molecule has 0 radical (unpaired) electrons. The topological polar surface area (TPSA) is 39.4 Å². The van der Waals surface area contributed by atoms with Crippen LogP contribution >= 0.6 is 15.9 Å². The van der Waals surface area contributed by atoms with Crippen molar-refractivity contribution in [3.8, 4) is 5.75 Å². The van der Waals surface area contributed by atoms with Crippen LogP contribution in [0.5, 0.6) is 5.75 Å². The normalized spacial score (nSPS) is 10.8. The number of hydrogen-bond acceptors (Lipinski definition) is 3. The molecule has 2 heterocycles. The van der Waals surface area contributed by atoms with Gasteiger partial charge < -0.3 is 4.74 Å². The van der Waals surface area contributed by atoms with Crippen LogP contribution < -0.4 is 4.74 Å². The minimum absolute atomic E-state index is 0.641. The van der Waals surface area contributed by atoms with Crippen LogP contribution in [0.15, 0.2) is 16.7 Å². The molecule has 2 rings (SSSR count). The van der Waals surface area contributed by atoms with E-state index in [1.807, 2.05) is 26.1 Å². The Labute approximate surface area is 90.0 Å². The Morgan fingerprint density at radius 1 is 1.57 bits per heavy atom. The second-order valence-electron chi connectivity index (χ2n) is 2.88. The molecule has 0 N–H and O–H groups in total. The SMILES string of the molecule is CCOc1cc2nc(C)nn2cc1Br. The highest BCUT2D eigenvalue weighted by atomic mass is 79.9. The highest BCUT2D eigenvalue weighted by Gasteiger charge is 2.06. The van der Waals surface area contributed by atoms with Crippen LogP contribution in [0.4, 0.5) is 0 Å². The molecule has 4 nitrogen and oxygen atoms in total. The van der Waals surface area contributed by atoms with Crippen molar-refractivity contribution in [1.82, 2.24) is 14.6 Å². The molecule has 5 heteroatoms. The average molecular weight is 256 g/mol. The van der Waals surface area contributed by atoms with E-state index < -0.39 is 0 Å². The van der Waals surface area contributed by atoms with E-state index in [1.54, 1.807) is 4.52 Å². The van der Waals surface area contributed by atoms with Gasteiger partial charge in [0.2, 0.25) is 0 Å². The predicted octanol–water partition coefficient (Wildman–Crippen LogP) is 2.20. The number of aryl methyl sites for hydroxylation is 1. The maximum Gasteiger partial charge on any atom is 0.159 e. The summed E-state index contributed by atoms with van der Waals surface area (Å²) in [4.78, 5) is 4.25. The minimum atomic E-state index is 0.641. The number of pyridine rings is 1. The van der Waals surface area contributed by atoms with Crippen molar-refractivity contribution < 1.29 is 4.74 Å². The summed E-state index contributed by atoms with van der Waals surface area (Å²) >= 11 is 3.41. The Kier molecular flexibility index (Phi) is 2.41. The van der Waals surface area contributed by atoms with Crippen molar-refractivity contribution in [2.24, 2.45) is 0 Å². The van der Waals surface area contributed by atoms with E-state index in [1.165, 1.54) is 0 Å². The summed E-state index contributed by atoms with van der Waals surface area (Å²) in [5.74, 6) is 1.55. The molecule has 0 saturated carbocycles. The lowest BCUT2D eigenvalue weighted by Gasteiger charge is -2.04. The highest BCUT2D eigenvalue weighted by molar-refractivity contribution is 9.10. The van der Waals surface area contributed by atoms with Gasteiger partial charge in [-0.1, -0.05) is 0 Å². The lowest BCUT2D eigenvalue weighted by molar-refractivity contribution is 0.338. The van der Waals surface area contributed by atoms with Crippen molar-refractivity contribution in [1.29, 1.82) is 0 Å². The largest absolute Gasteiger partial charge is 0.492 e. The molecular formula is C9H10BrN3O. The predicted molar refractivity (Wildman–Crippen MR) is 56.6 cm³/mol. The number of ether oxygens (including phenoxy) is 1. The van der Waals surface area contributed by atoms with Crippen LogP contribution in [-0.4, -0.2) is 21.2 Å². The van der Waals surface area contributed by atoms with Gasteiger partial charge in [-0.3, -0.25) is 0 Å². The number of rotatable bonds is 2. The second-order valence-corrected chi connectivity index (χ2v) is 3.73. The van der Waals surface area contributed by atoms with Crippen molar-refractivity contribution in [3.63, 3.8) is 0 Å². The van der Waals surface area contributed by atoms with Gasteiger partial charge in [-0.15, -0.1) is 0 Å². The van der Waals surface area contributed by atoms with Crippen LogP contribution in [0.1, 0.15) is 12.7 Å². The first kappa shape index (κ1) is 9.45. The van der Waals surface area contributed by atoms with Gasteiger partial charge in [-0.25, -0.2) is 9.50 Å². The van der Waals surface area contributed by atoms with Crippen molar-refractivity contribution in [3.05, 3.63) is 22.6 Å². The van der Waals surface area contributed by atoms with E-state index in [-0.39, 0.29) is 0 Å². The van der Waals surface area contributed by atoms with Crippen LogP contribution in [0.3, 0.4) is 0 Å². The first-order valence-electron chi connectivity index (χ1n) is 4.36. The van der Waals surface area contributed by atoms with Gasteiger partial charge in [0.05, 0.1) is 11.1 Å². The second kappa shape index (κ2) is 3.57. The molecule has 0 aromatic carbocycles. The quantitative estimate of drug-likeness (QED) is 0.826. The Hall–Kier alpha value is -1.10. The van der Waals surface area contributed by atoms with E-state index in [2.05, 4.69) is 26.0 Å². The van der Waals surface area contributed by atoms with Crippen LogP contribution in [-0.2, 0) is 0 Å². The fourth-order valence-electron chi connectivity index (χ4n) is 1.26. The van der Waals surface area contributed by atoms with Crippen LogP contribution in [0, 0.1) is 6.92 Å². The maximum atomic E-state index is 5.43. The standard InChI is InChI=1S/C9H10BrN3O/c1-3-14-8-4-9-11-6(2)12-13(9)5-7(8)10/h4-5H,3H2,1-2H3. The summed E-state index contributed by atoms with van der Waals surface area (Å²) in [7, 11) is 0. The highest BCUT2D eigenvalue weighted by Crippen LogP contribution is 2.25. The third-order valence-electron chi connectivity index (χ3n) is 1.79. The fraction of sp³-hybridized carbons (Fsp3) is 0.333. The van der Waals surface area contributed by atoms with Crippen LogP contribution in [0.25, 0.3) is 5.65 Å². The zero-order chi connectivity index (χ0) is 10.1. The Bertz CT molecular complexity index is 466. The van der Waals surface area contributed by atoms with E-state index >= 15 is 0 Å². The first-order valence-corrected chi connectivity index (χ1v) is 5.15. The molecule has 0 aliphatic heterocycles. The molecule has 2 aromatic heterocycles. The average Bonchev–Trinajstić information content (AvgIpc) is 2.45. The number of fused-ring (bicyclic) bond motifs is 1. The molecule has 0 aliphatic rings. The zero-order valence-electron chi connectivity index (χ0n) is 7.99. The molecule has 0 amide bonds. The van der Waals surface area contributed by atoms with E-state index in [9.17, 15) is 0 Å². The third kappa shape index (κ3) is 1.59. The lowest BCUT2D eigenvalue weighted by atomic mass is 10.4. The minimum Gasteiger partial charge on any atom is -0.492 e. The Morgan fingerprint density at radius 2 is 2.36 bits per heavy atom. The molecule has 0 unspecified atom stereocenters. The zero-order valence-corrected chi connectivity index (χ0v) is 9.58. The molecular weight excluding hydrogens is 246 g/mol. The number of hydrogen-bond donors (Lipinski definition) is 0. The summed E-state index contributed by atoms with van der Waals surface area (Å²) < 4.78 is 8.04. The summed E-state index contributed by atoms with van der Waals surface area (Å²) in [6, 6.07) is 1.87. The van der Waals surface area contributed by atoms with E-state index in [0.29, 0.717) is 6.61 Å². The molecule has 0 aliphatic carbocycles. The summed E-state index contributed by atoms with van der Waals surface area (Å²) in [5, 5.41) is 4.20. The van der Waals surface area contributed by atoms with Gasteiger partial charge in [0, 0.05) is 12.3 Å². The van der Waals surface area contributed by atoms with Crippen molar-refractivity contribution >= 4 is 21.6 Å². The Morgan fingerprint density at radius 3 is 3.07 bits per heavy atom.